The lowest BCUT2D eigenvalue weighted by Crippen LogP contribution is -2.42. The summed E-state index contributed by atoms with van der Waals surface area (Å²) < 4.78 is 0. The van der Waals surface area contributed by atoms with Gasteiger partial charge in [-0.1, -0.05) is 27.2 Å². The Labute approximate surface area is 112 Å². The van der Waals surface area contributed by atoms with Crippen molar-refractivity contribution in [2.75, 3.05) is 20.1 Å². The zero-order chi connectivity index (χ0) is 13.8. The molecule has 1 fully saturated rings. The summed E-state index contributed by atoms with van der Waals surface area (Å²) in [6.45, 7) is 7.86. The smallest absolute Gasteiger partial charge is 0.225 e. The third-order valence-corrected chi connectivity index (χ3v) is 4.37. The van der Waals surface area contributed by atoms with E-state index in [4.69, 9.17) is 5.73 Å². The zero-order valence-corrected chi connectivity index (χ0v) is 12.5. The van der Waals surface area contributed by atoms with Crippen LogP contribution in [-0.2, 0) is 4.79 Å². The summed E-state index contributed by atoms with van der Waals surface area (Å²) in [7, 11) is 1.92. The maximum absolute atomic E-state index is 12.4. The quantitative estimate of drug-likeness (QED) is 0.820. The second-order valence-corrected chi connectivity index (χ2v) is 6.69. The molecule has 0 aromatic heterocycles. The van der Waals surface area contributed by atoms with Gasteiger partial charge in [-0.2, -0.15) is 0 Å². The van der Waals surface area contributed by atoms with Crippen molar-refractivity contribution in [3.05, 3.63) is 0 Å². The van der Waals surface area contributed by atoms with Gasteiger partial charge in [-0.05, 0) is 43.6 Å². The largest absolute Gasteiger partial charge is 0.345 e. The van der Waals surface area contributed by atoms with Crippen LogP contribution < -0.4 is 5.73 Å². The molecule has 0 radical (unpaired) electrons. The standard InChI is InChI=1S/C15H30N2O/c1-5-12-6-8-13(9-7-12)14(18)17(4)11-15(2,3)10-16/h12-13H,5-11,16H2,1-4H3. The minimum Gasteiger partial charge on any atom is -0.345 e. The maximum Gasteiger partial charge on any atom is 0.225 e. The molecule has 1 aliphatic rings. The Morgan fingerprint density at radius 3 is 2.28 bits per heavy atom. The lowest BCUT2D eigenvalue weighted by molar-refractivity contribution is -0.136. The van der Waals surface area contributed by atoms with Gasteiger partial charge in [0.05, 0.1) is 0 Å². The number of nitrogens with two attached hydrogens (primary N) is 1. The van der Waals surface area contributed by atoms with E-state index in [1.807, 2.05) is 11.9 Å². The molecule has 0 aliphatic heterocycles. The average molecular weight is 254 g/mol. The van der Waals surface area contributed by atoms with Crippen LogP contribution in [0, 0.1) is 17.3 Å². The topological polar surface area (TPSA) is 46.3 Å². The molecule has 0 unspecified atom stereocenters. The Balaban J connectivity index is 2.45. The molecule has 0 saturated heterocycles. The molecule has 1 aliphatic carbocycles. The van der Waals surface area contributed by atoms with Crippen LogP contribution in [0.3, 0.4) is 0 Å². The van der Waals surface area contributed by atoms with Crippen LogP contribution in [0.1, 0.15) is 52.9 Å². The highest BCUT2D eigenvalue weighted by molar-refractivity contribution is 5.78. The molecule has 1 rings (SSSR count). The van der Waals surface area contributed by atoms with Crippen LogP contribution in [0.2, 0.25) is 0 Å². The summed E-state index contributed by atoms with van der Waals surface area (Å²) in [6.07, 6.45) is 5.86. The van der Waals surface area contributed by atoms with Crippen molar-refractivity contribution in [3.63, 3.8) is 0 Å². The van der Waals surface area contributed by atoms with Gasteiger partial charge < -0.3 is 10.6 Å². The van der Waals surface area contributed by atoms with Gasteiger partial charge >= 0.3 is 0 Å². The van der Waals surface area contributed by atoms with Gasteiger partial charge in [0.25, 0.3) is 0 Å². The first-order valence-corrected chi connectivity index (χ1v) is 7.34. The second kappa shape index (κ2) is 6.55. The van der Waals surface area contributed by atoms with Gasteiger partial charge in [0.1, 0.15) is 0 Å². The van der Waals surface area contributed by atoms with Gasteiger partial charge in [0, 0.05) is 19.5 Å². The number of rotatable bonds is 5. The third kappa shape index (κ3) is 4.27. The molecule has 0 aromatic rings. The summed E-state index contributed by atoms with van der Waals surface area (Å²) in [5, 5.41) is 0. The number of hydrogen-bond acceptors (Lipinski definition) is 2. The lowest BCUT2D eigenvalue weighted by atomic mass is 9.80. The van der Waals surface area contributed by atoms with Crippen LogP contribution in [0.25, 0.3) is 0 Å². The molecule has 3 nitrogen and oxygen atoms in total. The molecule has 2 N–H and O–H groups in total. The van der Waals surface area contributed by atoms with E-state index in [0.29, 0.717) is 12.5 Å². The van der Waals surface area contributed by atoms with Crippen LogP contribution in [-0.4, -0.2) is 30.9 Å². The van der Waals surface area contributed by atoms with Gasteiger partial charge in [-0.25, -0.2) is 0 Å². The Hall–Kier alpha value is -0.570. The molecule has 1 amide bonds. The van der Waals surface area contributed by atoms with Crippen molar-refractivity contribution < 1.29 is 4.79 Å². The highest BCUT2D eigenvalue weighted by Gasteiger charge is 2.29. The normalized spacial score (nSPS) is 24.9. The highest BCUT2D eigenvalue weighted by Crippen LogP contribution is 2.31. The molecule has 0 aromatic carbocycles. The van der Waals surface area contributed by atoms with Crippen molar-refractivity contribution in [2.45, 2.75) is 52.9 Å². The van der Waals surface area contributed by atoms with Gasteiger partial charge in [0.2, 0.25) is 5.91 Å². The number of carbonyl (C=O) groups excluding carboxylic acids is 1. The third-order valence-electron chi connectivity index (χ3n) is 4.37. The molecule has 1 saturated carbocycles. The summed E-state index contributed by atoms with van der Waals surface area (Å²) in [4.78, 5) is 14.3. The van der Waals surface area contributed by atoms with Crippen molar-refractivity contribution >= 4 is 5.91 Å². The highest BCUT2D eigenvalue weighted by atomic mass is 16.2. The van der Waals surface area contributed by atoms with E-state index < -0.39 is 0 Å². The molecular weight excluding hydrogens is 224 g/mol. The van der Waals surface area contributed by atoms with Crippen LogP contribution in [0.4, 0.5) is 0 Å². The molecule has 18 heavy (non-hydrogen) atoms. The minimum absolute atomic E-state index is 0.0189. The number of carbonyl (C=O) groups is 1. The number of amides is 1. The lowest BCUT2D eigenvalue weighted by Gasteiger charge is -2.34. The van der Waals surface area contributed by atoms with Gasteiger partial charge in [0.15, 0.2) is 0 Å². The fraction of sp³-hybridized carbons (Fsp3) is 0.933. The Morgan fingerprint density at radius 1 is 1.28 bits per heavy atom. The molecule has 0 bridgehead atoms. The van der Waals surface area contributed by atoms with E-state index in [0.717, 1.165) is 25.3 Å². The fourth-order valence-electron chi connectivity index (χ4n) is 2.91. The van der Waals surface area contributed by atoms with E-state index in [2.05, 4.69) is 20.8 Å². The van der Waals surface area contributed by atoms with Crippen molar-refractivity contribution in [2.24, 2.45) is 23.0 Å². The average Bonchev–Trinajstić information content (AvgIpc) is 2.37. The first kappa shape index (κ1) is 15.5. The van der Waals surface area contributed by atoms with Crippen molar-refractivity contribution in [1.82, 2.24) is 4.90 Å². The predicted molar refractivity (Wildman–Crippen MR) is 76.2 cm³/mol. The Kier molecular flexibility index (Phi) is 5.64. The summed E-state index contributed by atoms with van der Waals surface area (Å²) in [5.41, 5.74) is 5.75. The Bertz CT molecular complexity index is 268. The summed E-state index contributed by atoms with van der Waals surface area (Å²) in [5.74, 6) is 1.43. The van der Waals surface area contributed by atoms with E-state index in [1.54, 1.807) is 0 Å². The van der Waals surface area contributed by atoms with E-state index in [-0.39, 0.29) is 11.3 Å². The van der Waals surface area contributed by atoms with Gasteiger partial charge in [-0.15, -0.1) is 0 Å². The van der Waals surface area contributed by atoms with Crippen LogP contribution in [0.5, 0.6) is 0 Å². The molecule has 0 heterocycles. The monoisotopic (exact) mass is 254 g/mol. The first-order valence-electron chi connectivity index (χ1n) is 7.34. The molecule has 0 spiro atoms. The summed E-state index contributed by atoms with van der Waals surface area (Å²) >= 11 is 0. The Morgan fingerprint density at radius 2 is 1.83 bits per heavy atom. The zero-order valence-electron chi connectivity index (χ0n) is 12.5. The van der Waals surface area contributed by atoms with E-state index in [9.17, 15) is 4.79 Å². The van der Waals surface area contributed by atoms with Crippen LogP contribution >= 0.6 is 0 Å². The first-order chi connectivity index (χ1) is 8.39. The van der Waals surface area contributed by atoms with Crippen LogP contribution in [0.15, 0.2) is 0 Å². The predicted octanol–water partition coefficient (Wildman–Crippen LogP) is 2.65. The molecule has 0 atom stereocenters. The second-order valence-electron chi connectivity index (χ2n) is 6.69. The molecular formula is C15H30N2O. The fourth-order valence-corrected chi connectivity index (χ4v) is 2.91. The number of nitrogens with zero attached hydrogens (tertiary/aromatic N) is 1. The summed E-state index contributed by atoms with van der Waals surface area (Å²) in [6, 6.07) is 0. The van der Waals surface area contributed by atoms with Gasteiger partial charge in [-0.3, -0.25) is 4.79 Å². The molecule has 106 valence electrons. The van der Waals surface area contributed by atoms with Crippen molar-refractivity contribution in [3.8, 4) is 0 Å². The maximum atomic E-state index is 12.4. The van der Waals surface area contributed by atoms with E-state index in [1.165, 1.54) is 19.3 Å². The number of hydrogen-bond donors (Lipinski definition) is 1. The minimum atomic E-state index is 0.0189. The van der Waals surface area contributed by atoms with E-state index >= 15 is 0 Å². The SMILES string of the molecule is CCC1CCC(C(=O)N(C)CC(C)(C)CN)CC1. The molecule has 3 heteroatoms. The van der Waals surface area contributed by atoms with Crippen molar-refractivity contribution in [1.29, 1.82) is 0 Å².